The third-order valence-electron chi connectivity index (χ3n) is 4.09. The first-order valence-electron chi connectivity index (χ1n) is 6.96. The highest BCUT2D eigenvalue weighted by Gasteiger charge is 2.43. The average molecular weight is 302 g/mol. The minimum absolute atomic E-state index is 0.112. The number of thiazole rings is 1. The normalized spacial score (nSPS) is 25.1. The molecule has 0 bridgehead atoms. The summed E-state index contributed by atoms with van der Waals surface area (Å²) in [7, 11) is 0. The van der Waals surface area contributed by atoms with Crippen LogP contribution in [0.5, 0.6) is 0 Å². The Labute approximate surface area is 128 Å². The zero-order valence-electron chi connectivity index (χ0n) is 11.9. The number of aromatic nitrogens is 1. The molecule has 0 spiro atoms. The van der Waals surface area contributed by atoms with E-state index < -0.39 is 5.41 Å². The summed E-state index contributed by atoms with van der Waals surface area (Å²) < 4.78 is 5.34. The predicted molar refractivity (Wildman–Crippen MR) is 83.2 cm³/mol. The van der Waals surface area contributed by atoms with Crippen LogP contribution in [0.2, 0.25) is 0 Å². The van der Waals surface area contributed by atoms with Gasteiger partial charge in [-0.15, -0.1) is 11.3 Å². The molecule has 4 nitrogen and oxygen atoms in total. The van der Waals surface area contributed by atoms with E-state index in [9.17, 15) is 4.79 Å². The molecule has 3 rings (SSSR count). The van der Waals surface area contributed by atoms with Gasteiger partial charge in [-0.05, 0) is 6.92 Å². The summed E-state index contributed by atoms with van der Waals surface area (Å²) in [6.45, 7) is 2.75. The largest absolute Gasteiger partial charge is 0.379 e. The van der Waals surface area contributed by atoms with Gasteiger partial charge in [-0.1, -0.05) is 30.3 Å². The van der Waals surface area contributed by atoms with Crippen molar-refractivity contribution in [3.8, 4) is 11.3 Å². The average Bonchev–Trinajstić information content (AvgIpc) is 3.09. The van der Waals surface area contributed by atoms with Crippen LogP contribution in [0, 0.1) is 5.41 Å². The van der Waals surface area contributed by atoms with Crippen molar-refractivity contribution in [3.05, 3.63) is 40.7 Å². The van der Waals surface area contributed by atoms with E-state index in [4.69, 9.17) is 10.5 Å². The lowest BCUT2D eigenvalue weighted by Gasteiger charge is -2.24. The van der Waals surface area contributed by atoms with E-state index in [1.165, 1.54) is 11.3 Å². The summed E-state index contributed by atoms with van der Waals surface area (Å²) in [6.07, 6.45) is 0.324. The molecule has 1 saturated heterocycles. The number of Topliss-reactive ketones (excluding diaryl/α,β-unsaturated/α-hetero) is 1. The van der Waals surface area contributed by atoms with Gasteiger partial charge in [0.2, 0.25) is 0 Å². The van der Waals surface area contributed by atoms with Crippen molar-refractivity contribution in [2.24, 2.45) is 11.1 Å². The first kappa shape index (κ1) is 14.4. The van der Waals surface area contributed by atoms with E-state index in [0.717, 1.165) is 16.3 Å². The molecule has 1 aromatic heterocycles. The molecule has 21 heavy (non-hydrogen) atoms. The van der Waals surface area contributed by atoms with Gasteiger partial charge >= 0.3 is 0 Å². The quantitative estimate of drug-likeness (QED) is 0.941. The standard InChI is InChI=1S/C16H18N2O2S/c1-16(10-20-8-13(16)17)14(19)7-15-18-12(9-21-15)11-5-3-2-4-6-11/h2-6,9,13H,7-8,10,17H2,1H3. The Balaban J connectivity index is 1.75. The smallest absolute Gasteiger partial charge is 0.149 e. The summed E-state index contributed by atoms with van der Waals surface area (Å²) in [5, 5.41) is 2.82. The Morgan fingerprint density at radius 3 is 2.90 bits per heavy atom. The number of nitrogens with zero attached hydrogens (tertiary/aromatic N) is 1. The first-order valence-corrected chi connectivity index (χ1v) is 7.84. The Hall–Kier alpha value is -1.56. The maximum absolute atomic E-state index is 12.5. The van der Waals surface area contributed by atoms with Gasteiger partial charge in [0.05, 0.1) is 30.7 Å². The van der Waals surface area contributed by atoms with Gasteiger partial charge in [0, 0.05) is 17.0 Å². The summed E-state index contributed by atoms with van der Waals surface area (Å²) >= 11 is 1.52. The highest BCUT2D eigenvalue weighted by atomic mass is 32.1. The highest BCUT2D eigenvalue weighted by molar-refractivity contribution is 7.10. The summed E-state index contributed by atoms with van der Waals surface area (Å²) in [5.74, 6) is 0.112. The number of hydrogen-bond donors (Lipinski definition) is 1. The monoisotopic (exact) mass is 302 g/mol. The van der Waals surface area contributed by atoms with Crippen molar-refractivity contribution >= 4 is 17.1 Å². The second-order valence-electron chi connectivity index (χ2n) is 5.63. The van der Waals surface area contributed by atoms with Gasteiger partial charge in [0.25, 0.3) is 0 Å². The molecule has 0 amide bonds. The molecule has 2 N–H and O–H groups in total. The number of carbonyl (C=O) groups is 1. The molecule has 0 radical (unpaired) electrons. The third-order valence-corrected chi connectivity index (χ3v) is 4.94. The molecule has 2 heterocycles. The van der Waals surface area contributed by atoms with E-state index in [-0.39, 0.29) is 11.8 Å². The molecule has 0 saturated carbocycles. The molecule has 2 atom stereocenters. The van der Waals surface area contributed by atoms with Crippen molar-refractivity contribution in [2.75, 3.05) is 13.2 Å². The van der Waals surface area contributed by atoms with Crippen molar-refractivity contribution in [2.45, 2.75) is 19.4 Å². The Kier molecular flexibility index (Phi) is 3.89. The van der Waals surface area contributed by atoms with E-state index in [0.29, 0.717) is 19.6 Å². The summed E-state index contributed by atoms with van der Waals surface area (Å²) in [5.41, 5.74) is 7.40. The van der Waals surface area contributed by atoms with Crippen molar-refractivity contribution < 1.29 is 9.53 Å². The van der Waals surface area contributed by atoms with Gasteiger partial charge < -0.3 is 10.5 Å². The predicted octanol–water partition coefficient (Wildman–Crippen LogP) is 2.29. The fraction of sp³-hybridized carbons (Fsp3) is 0.375. The van der Waals surface area contributed by atoms with E-state index in [1.807, 2.05) is 42.6 Å². The maximum Gasteiger partial charge on any atom is 0.149 e. The minimum Gasteiger partial charge on any atom is -0.379 e. The molecule has 1 aromatic carbocycles. The van der Waals surface area contributed by atoms with Crippen LogP contribution in [0.3, 0.4) is 0 Å². The van der Waals surface area contributed by atoms with Gasteiger partial charge in [-0.2, -0.15) is 0 Å². The van der Waals surface area contributed by atoms with Gasteiger partial charge in [-0.25, -0.2) is 4.98 Å². The number of nitrogens with two attached hydrogens (primary N) is 1. The SMILES string of the molecule is CC1(C(=O)Cc2nc(-c3ccccc3)cs2)COCC1N. The van der Waals surface area contributed by atoms with Gasteiger partial charge in [-0.3, -0.25) is 4.79 Å². The fourth-order valence-corrected chi connectivity index (χ4v) is 3.25. The van der Waals surface area contributed by atoms with Crippen LogP contribution in [0.25, 0.3) is 11.3 Å². The lowest BCUT2D eigenvalue weighted by atomic mass is 9.80. The fourth-order valence-electron chi connectivity index (χ4n) is 2.45. The zero-order chi connectivity index (χ0) is 14.9. The molecule has 2 unspecified atom stereocenters. The van der Waals surface area contributed by atoms with Crippen LogP contribution < -0.4 is 5.73 Å². The van der Waals surface area contributed by atoms with Gasteiger partial charge in [0.15, 0.2) is 0 Å². The number of rotatable bonds is 4. The lowest BCUT2D eigenvalue weighted by Crippen LogP contribution is -2.45. The zero-order valence-corrected chi connectivity index (χ0v) is 12.7. The molecule has 1 aliphatic rings. The Morgan fingerprint density at radius 1 is 1.48 bits per heavy atom. The van der Waals surface area contributed by atoms with Crippen molar-refractivity contribution in [1.29, 1.82) is 0 Å². The third kappa shape index (κ3) is 2.77. The second-order valence-corrected chi connectivity index (χ2v) is 6.57. The summed E-state index contributed by atoms with van der Waals surface area (Å²) in [6, 6.07) is 9.75. The second kappa shape index (κ2) is 5.67. The molecule has 2 aromatic rings. The number of hydrogen-bond acceptors (Lipinski definition) is 5. The van der Waals surface area contributed by atoms with Crippen LogP contribution in [0.4, 0.5) is 0 Å². The molecule has 0 aliphatic carbocycles. The number of benzene rings is 1. The molecule has 1 aliphatic heterocycles. The minimum atomic E-state index is -0.585. The maximum atomic E-state index is 12.5. The molecule has 5 heteroatoms. The van der Waals surface area contributed by atoms with Crippen LogP contribution in [-0.2, 0) is 16.0 Å². The number of carbonyl (C=O) groups excluding carboxylic acids is 1. The number of ketones is 1. The van der Waals surface area contributed by atoms with E-state index in [1.54, 1.807) is 0 Å². The van der Waals surface area contributed by atoms with Crippen LogP contribution in [0.15, 0.2) is 35.7 Å². The summed E-state index contributed by atoms with van der Waals surface area (Å²) in [4.78, 5) is 17.1. The van der Waals surface area contributed by atoms with E-state index >= 15 is 0 Å². The lowest BCUT2D eigenvalue weighted by molar-refractivity contribution is -0.127. The molecular weight excluding hydrogens is 284 g/mol. The van der Waals surface area contributed by atoms with Crippen LogP contribution in [-0.4, -0.2) is 30.0 Å². The van der Waals surface area contributed by atoms with Crippen LogP contribution >= 0.6 is 11.3 Å². The first-order chi connectivity index (χ1) is 10.1. The molecular formula is C16H18N2O2S. The van der Waals surface area contributed by atoms with E-state index in [2.05, 4.69) is 4.98 Å². The van der Waals surface area contributed by atoms with Crippen molar-refractivity contribution in [1.82, 2.24) is 4.98 Å². The van der Waals surface area contributed by atoms with Crippen LogP contribution in [0.1, 0.15) is 11.9 Å². The van der Waals surface area contributed by atoms with Crippen molar-refractivity contribution in [3.63, 3.8) is 0 Å². The van der Waals surface area contributed by atoms with Gasteiger partial charge in [0.1, 0.15) is 10.8 Å². The molecule has 1 fully saturated rings. The Bertz CT molecular complexity index is 641. The Morgan fingerprint density at radius 2 is 2.24 bits per heavy atom. The number of ether oxygens (including phenoxy) is 1. The topological polar surface area (TPSA) is 65.2 Å². The molecule has 110 valence electrons. The highest BCUT2D eigenvalue weighted by Crippen LogP contribution is 2.30.